The van der Waals surface area contributed by atoms with Gasteiger partial charge in [-0.2, -0.15) is 0 Å². The summed E-state index contributed by atoms with van der Waals surface area (Å²) in [5, 5.41) is 9.68. The maximum atomic E-state index is 5.84. The van der Waals surface area contributed by atoms with Gasteiger partial charge in [-0.25, -0.2) is 0 Å². The Hall–Kier alpha value is -2.84. The lowest BCUT2D eigenvalue weighted by atomic mass is 10.2. The van der Waals surface area contributed by atoms with Gasteiger partial charge in [0.2, 0.25) is 0 Å². The lowest BCUT2D eigenvalue weighted by molar-refractivity contribution is 0.340. The summed E-state index contributed by atoms with van der Waals surface area (Å²) >= 11 is 5.03. The van der Waals surface area contributed by atoms with Crippen LogP contribution in [0.1, 0.15) is 6.92 Å². The molecule has 0 spiro atoms. The van der Waals surface area contributed by atoms with E-state index in [2.05, 4.69) is 31.1 Å². The Morgan fingerprint density at radius 2 is 1.68 bits per heavy atom. The van der Waals surface area contributed by atoms with E-state index in [1.54, 1.807) is 24.2 Å². The number of hydrogen-bond donors (Lipinski definition) is 0. The molecular weight excluding hydrogens is 476 g/mol. The third-order valence-corrected chi connectivity index (χ3v) is 5.78. The fraction of sp³-hybridized carbons (Fsp3) is 0.174. The number of halogens is 1. The number of thioether (sulfide) groups is 1. The van der Waals surface area contributed by atoms with Gasteiger partial charge >= 0.3 is 0 Å². The number of pyridine rings is 1. The zero-order valence-electron chi connectivity index (χ0n) is 16.9. The highest BCUT2D eigenvalue weighted by Crippen LogP contribution is 2.28. The zero-order chi connectivity index (χ0) is 21.5. The second kappa shape index (κ2) is 10.5. The van der Waals surface area contributed by atoms with E-state index in [0.29, 0.717) is 13.2 Å². The Morgan fingerprint density at radius 1 is 0.935 bits per heavy atom. The fourth-order valence-corrected chi connectivity index (χ4v) is 3.99. The van der Waals surface area contributed by atoms with Gasteiger partial charge in [0.15, 0.2) is 11.0 Å². The van der Waals surface area contributed by atoms with Gasteiger partial charge in [-0.3, -0.25) is 9.55 Å². The number of nitrogens with zero attached hydrogens (tertiary/aromatic N) is 4. The topological polar surface area (TPSA) is 62.1 Å². The predicted molar refractivity (Wildman–Crippen MR) is 126 cm³/mol. The number of benzene rings is 2. The Bertz CT molecular complexity index is 1100. The van der Waals surface area contributed by atoms with Gasteiger partial charge in [0.05, 0.1) is 13.2 Å². The van der Waals surface area contributed by atoms with Crippen LogP contribution >= 0.6 is 27.7 Å². The van der Waals surface area contributed by atoms with E-state index in [1.165, 1.54) is 0 Å². The first-order valence-electron chi connectivity index (χ1n) is 9.85. The molecule has 0 saturated carbocycles. The first kappa shape index (κ1) is 21.4. The maximum Gasteiger partial charge on any atom is 0.196 e. The minimum atomic E-state index is 0.560. The molecule has 0 aliphatic heterocycles. The molecule has 8 heteroatoms. The van der Waals surface area contributed by atoms with E-state index in [-0.39, 0.29) is 0 Å². The molecule has 0 N–H and O–H groups in total. The first-order valence-corrected chi connectivity index (χ1v) is 11.6. The Kier molecular flexibility index (Phi) is 7.22. The fourth-order valence-electron chi connectivity index (χ4n) is 2.96. The first-order chi connectivity index (χ1) is 15.2. The average molecular weight is 497 g/mol. The second-order valence-electron chi connectivity index (χ2n) is 6.46. The zero-order valence-corrected chi connectivity index (χ0v) is 19.3. The highest BCUT2D eigenvalue weighted by atomic mass is 79.9. The van der Waals surface area contributed by atoms with Gasteiger partial charge < -0.3 is 9.47 Å². The molecule has 0 radical (unpaired) electrons. The van der Waals surface area contributed by atoms with Crippen LogP contribution in [0.4, 0.5) is 0 Å². The predicted octanol–water partition coefficient (Wildman–Crippen LogP) is 5.66. The summed E-state index contributed by atoms with van der Waals surface area (Å²) in [6.45, 7) is 3.16. The van der Waals surface area contributed by atoms with Crippen LogP contribution < -0.4 is 9.47 Å². The van der Waals surface area contributed by atoms with Crippen LogP contribution in [0, 0.1) is 0 Å². The third kappa shape index (κ3) is 5.45. The molecule has 4 aromatic rings. The van der Waals surface area contributed by atoms with Crippen LogP contribution in [0.5, 0.6) is 11.5 Å². The number of hydrogen-bond acceptors (Lipinski definition) is 6. The van der Waals surface area contributed by atoms with Crippen molar-refractivity contribution in [3.8, 4) is 28.6 Å². The minimum Gasteiger partial charge on any atom is -0.494 e. The third-order valence-electron chi connectivity index (χ3n) is 4.36. The van der Waals surface area contributed by atoms with E-state index < -0.39 is 0 Å². The summed E-state index contributed by atoms with van der Waals surface area (Å²) in [6, 6.07) is 19.6. The normalized spacial score (nSPS) is 10.8. The molecule has 31 heavy (non-hydrogen) atoms. The van der Waals surface area contributed by atoms with Gasteiger partial charge in [-0.15, -0.1) is 10.2 Å². The van der Waals surface area contributed by atoms with Crippen LogP contribution in [0.3, 0.4) is 0 Å². The van der Waals surface area contributed by atoms with Crippen molar-refractivity contribution < 1.29 is 9.47 Å². The SMILES string of the molecule is CCOc1ccc(-n2c(SCCOc3ccc(Br)cc3)nnc2-c2cccnc2)cc1. The average Bonchev–Trinajstić information content (AvgIpc) is 3.23. The molecule has 158 valence electrons. The molecule has 0 aliphatic rings. The highest BCUT2D eigenvalue weighted by molar-refractivity contribution is 9.10. The molecule has 2 aromatic carbocycles. The molecule has 6 nitrogen and oxygen atoms in total. The molecule has 0 unspecified atom stereocenters. The summed E-state index contributed by atoms with van der Waals surface area (Å²) in [5.74, 6) is 3.15. The largest absolute Gasteiger partial charge is 0.494 e. The van der Waals surface area contributed by atoms with Crippen molar-refractivity contribution in [1.29, 1.82) is 0 Å². The van der Waals surface area contributed by atoms with Crippen molar-refractivity contribution in [2.75, 3.05) is 19.0 Å². The molecule has 0 aliphatic carbocycles. The van der Waals surface area contributed by atoms with Crippen molar-refractivity contribution in [1.82, 2.24) is 19.7 Å². The van der Waals surface area contributed by atoms with Gasteiger partial charge in [-0.05, 0) is 67.6 Å². The van der Waals surface area contributed by atoms with Gasteiger partial charge in [0.25, 0.3) is 0 Å². The van der Waals surface area contributed by atoms with E-state index in [4.69, 9.17) is 9.47 Å². The Morgan fingerprint density at radius 3 is 2.39 bits per heavy atom. The second-order valence-corrected chi connectivity index (χ2v) is 8.44. The summed E-state index contributed by atoms with van der Waals surface area (Å²) < 4.78 is 14.5. The van der Waals surface area contributed by atoms with Gasteiger partial charge in [0, 0.05) is 33.9 Å². The standard InChI is InChI=1S/C23H21BrN4O2S/c1-2-29-20-11-7-19(8-12-20)28-22(17-4-3-13-25-16-17)26-27-23(28)31-15-14-30-21-9-5-18(24)6-10-21/h3-13,16H,2,14-15H2,1H3. The minimum absolute atomic E-state index is 0.560. The van der Waals surface area contributed by atoms with E-state index >= 15 is 0 Å². The summed E-state index contributed by atoms with van der Waals surface area (Å²) in [4.78, 5) is 4.23. The molecule has 0 amide bonds. The van der Waals surface area contributed by atoms with Crippen molar-refractivity contribution in [2.45, 2.75) is 12.1 Å². The van der Waals surface area contributed by atoms with Crippen LogP contribution in [0.2, 0.25) is 0 Å². The van der Waals surface area contributed by atoms with E-state index in [0.717, 1.165) is 44.0 Å². The van der Waals surface area contributed by atoms with Gasteiger partial charge in [0.1, 0.15) is 11.5 Å². The smallest absolute Gasteiger partial charge is 0.196 e. The van der Waals surface area contributed by atoms with Crippen molar-refractivity contribution >= 4 is 27.7 Å². The van der Waals surface area contributed by atoms with Crippen molar-refractivity contribution in [3.05, 3.63) is 77.5 Å². The molecule has 0 atom stereocenters. The van der Waals surface area contributed by atoms with Crippen LogP contribution in [0.15, 0.2) is 82.7 Å². The summed E-state index contributed by atoms with van der Waals surface area (Å²) in [6.07, 6.45) is 3.54. The molecular formula is C23H21BrN4O2S. The van der Waals surface area contributed by atoms with Crippen LogP contribution in [-0.4, -0.2) is 38.7 Å². The number of ether oxygens (including phenoxy) is 2. The maximum absolute atomic E-state index is 5.84. The summed E-state index contributed by atoms with van der Waals surface area (Å²) in [7, 11) is 0. The molecule has 0 bridgehead atoms. The molecule has 4 rings (SSSR count). The molecule has 2 heterocycles. The van der Waals surface area contributed by atoms with Crippen molar-refractivity contribution in [2.24, 2.45) is 0 Å². The lowest BCUT2D eigenvalue weighted by Gasteiger charge is -2.11. The Labute approximate surface area is 193 Å². The van der Waals surface area contributed by atoms with E-state index in [9.17, 15) is 0 Å². The number of aromatic nitrogens is 4. The summed E-state index contributed by atoms with van der Waals surface area (Å²) in [5.41, 5.74) is 1.87. The quantitative estimate of drug-likeness (QED) is 0.220. The molecule has 0 saturated heterocycles. The lowest BCUT2D eigenvalue weighted by Crippen LogP contribution is -2.03. The van der Waals surface area contributed by atoms with Crippen molar-refractivity contribution in [3.63, 3.8) is 0 Å². The monoisotopic (exact) mass is 496 g/mol. The molecule has 0 fully saturated rings. The highest BCUT2D eigenvalue weighted by Gasteiger charge is 2.16. The van der Waals surface area contributed by atoms with Gasteiger partial charge in [-0.1, -0.05) is 27.7 Å². The molecule has 2 aromatic heterocycles. The van der Waals surface area contributed by atoms with Crippen LogP contribution in [0.25, 0.3) is 17.1 Å². The van der Waals surface area contributed by atoms with E-state index in [1.807, 2.05) is 72.2 Å². The number of rotatable bonds is 9. The van der Waals surface area contributed by atoms with Crippen LogP contribution in [-0.2, 0) is 0 Å². The Balaban J connectivity index is 1.54.